The molecule has 0 radical (unpaired) electrons. The highest BCUT2D eigenvalue weighted by Crippen LogP contribution is 2.44. The number of ether oxygens (including phenoxy) is 2. The molecule has 1 aliphatic heterocycles. The normalized spacial score (nSPS) is 18.2. The Balaban J connectivity index is 1.83. The molecule has 7 heteroatoms. The van der Waals surface area contributed by atoms with E-state index in [9.17, 15) is 0 Å². The fourth-order valence-corrected chi connectivity index (χ4v) is 4.79. The molecular formula is C25H31N5O2. The monoisotopic (exact) mass is 433 g/mol. The van der Waals surface area contributed by atoms with Crippen LogP contribution in [0.15, 0.2) is 48.0 Å². The van der Waals surface area contributed by atoms with E-state index in [0.29, 0.717) is 5.88 Å². The predicted octanol–water partition coefficient (Wildman–Crippen LogP) is 4.84. The van der Waals surface area contributed by atoms with Crippen molar-refractivity contribution >= 4 is 6.21 Å². The first-order valence-electron chi connectivity index (χ1n) is 10.9. The van der Waals surface area contributed by atoms with E-state index in [2.05, 4.69) is 65.6 Å². The molecule has 7 nitrogen and oxygen atoms in total. The van der Waals surface area contributed by atoms with Crippen molar-refractivity contribution in [1.29, 1.82) is 0 Å². The van der Waals surface area contributed by atoms with E-state index in [4.69, 9.17) is 14.5 Å². The number of nitrogens with zero attached hydrogens (tertiary/aromatic N) is 5. The number of imidazole rings is 1. The van der Waals surface area contributed by atoms with Gasteiger partial charge < -0.3 is 9.47 Å². The third-order valence-corrected chi connectivity index (χ3v) is 5.73. The molecule has 0 amide bonds. The Bertz CT molecular complexity index is 1100. The summed E-state index contributed by atoms with van der Waals surface area (Å²) >= 11 is 0. The second kappa shape index (κ2) is 8.47. The van der Waals surface area contributed by atoms with Crippen molar-refractivity contribution in [2.75, 3.05) is 14.2 Å². The molecule has 3 heterocycles. The Morgan fingerprint density at radius 1 is 1.12 bits per heavy atom. The Hall–Kier alpha value is -3.06. The summed E-state index contributed by atoms with van der Waals surface area (Å²) in [6.07, 6.45) is 9.02. The first-order chi connectivity index (χ1) is 15.2. The number of rotatable bonds is 5. The van der Waals surface area contributed by atoms with Crippen molar-refractivity contribution < 1.29 is 9.47 Å². The molecule has 3 aromatic rings. The van der Waals surface area contributed by atoms with E-state index < -0.39 is 0 Å². The van der Waals surface area contributed by atoms with Gasteiger partial charge in [-0.2, -0.15) is 0 Å². The molecule has 4 rings (SSSR count). The quantitative estimate of drug-likeness (QED) is 0.539. The van der Waals surface area contributed by atoms with Crippen molar-refractivity contribution in [3.05, 3.63) is 54.2 Å². The molecule has 168 valence electrons. The lowest BCUT2D eigenvalue weighted by Gasteiger charge is -2.45. The van der Waals surface area contributed by atoms with Gasteiger partial charge in [-0.1, -0.05) is 12.1 Å². The van der Waals surface area contributed by atoms with Crippen LogP contribution in [-0.4, -0.2) is 51.1 Å². The van der Waals surface area contributed by atoms with E-state index in [-0.39, 0.29) is 17.1 Å². The maximum absolute atomic E-state index is 6.30. The average molecular weight is 434 g/mol. The first kappa shape index (κ1) is 22.1. The summed E-state index contributed by atoms with van der Waals surface area (Å²) < 4.78 is 13.9. The molecule has 32 heavy (non-hydrogen) atoms. The average Bonchev–Trinajstić information content (AvgIpc) is 3.18. The highest BCUT2D eigenvalue weighted by atomic mass is 16.5. The highest BCUT2D eigenvalue weighted by Gasteiger charge is 2.41. The molecule has 1 fully saturated rings. The van der Waals surface area contributed by atoms with Crippen LogP contribution in [0.5, 0.6) is 5.88 Å². The van der Waals surface area contributed by atoms with Gasteiger partial charge in [0, 0.05) is 37.3 Å². The maximum Gasteiger partial charge on any atom is 0.227 e. The molecule has 0 N–H and O–H groups in total. The summed E-state index contributed by atoms with van der Waals surface area (Å²) in [7, 11) is 3.38. The second-order valence-corrected chi connectivity index (χ2v) is 9.51. The van der Waals surface area contributed by atoms with E-state index in [1.807, 2.05) is 18.3 Å². The molecule has 0 unspecified atom stereocenters. The van der Waals surface area contributed by atoms with Gasteiger partial charge in [-0.05, 0) is 58.2 Å². The number of aliphatic imine (C=N–C) groups is 1. The van der Waals surface area contributed by atoms with Gasteiger partial charge in [0.25, 0.3) is 0 Å². The molecule has 1 aliphatic rings. The summed E-state index contributed by atoms with van der Waals surface area (Å²) in [5.41, 5.74) is 3.41. The van der Waals surface area contributed by atoms with Gasteiger partial charge in [-0.25, -0.2) is 15.0 Å². The van der Waals surface area contributed by atoms with Gasteiger partial charge in [0.1, 0.15) is 6.33 Å². The van der Waals surface area contributed by atoms with Crippen LogP contribution in [0.4, 0.5) is 0 Å². The van der Waals surface area contributed by atoms with E-state index in [1.54, 1.807) is 20.4 Å². The van der Waals surface area contributed by atoms with Gasteiger partial charge in [0.15, 0.2) is 5.82 Å². The van der Waals surface area contributed by atoms with Crippen LogP contribution in [0.1, 0.15) is 57.7 Å². The molecule has 0 saturated carbocycles. The molecule has 2 aromatic heterocycles. The standard InChI is InChI=1S/C25H31N5O2/c1-24(2)11-18(12-25(3,4)32-24)21-15-30(19-9-7-17(8-10-19)13-26-5)22(29-21)20-14-27-16-28-23(20)31-6/h7-10,13-16,18H,11-12H2,1-6H3/b26-13-. The lowest BCUT2D eigenvalue weighted by Crippen LogP contribution is -2.44. The number of benzene rings is 1. The van der Waals surface area contributed by atoms with Crippen molar-refractivity contribution in [3.63, 3.8) is 0 Å². The van der Waals surface area contributed by atoms with Gasteiger partial charge in [0.2, 0.25) is 5.88 Å². The summed E-state index contributed by atoms with van der Waals surface area (Å²) in [5, 5.41) is 0. The Labute approximate surface area is 189 Å². The third-order valence-electron chi connectivity index (χ3n) is 5.73. The molecule has 0 aliphatic carbocycles. The van der Waals surface area contributed by atoms with Crippen LogP contribution in [0.25, 0.3) is 17.1 Å². The van der Waals surface area contributed by atoms with Crippen LogP contribution in [0, 0.1) is 0 Å². The SMILES string of the molecule is C/N=C\c1ccc(-n2cc(C3CC(C)(C)OC(C)(C)C3)nc2-c2cncnc2OC)cc1. The largest absolute Gasteiger partial charge is 0.480 e. The summed E-state index contributed by atoms with van der Waals surface area (Å²) in [5.74, 6) is 1.54. The van der Waals surface area contributed by atoms with Crippen molar-refractivity contribution in [2.24, 2.45) is 4.99 Å². The van der Waals surface area contributed by atoms with Crippen molar-refractivity contribution in [1.82, 2.24) is 19.5 Å². The third kappa shape index (κ3) is 4.58. The molecule has 0 bridgehead atoms. The van der Waals surface area contributed by atoms with E-state index in [0.717, 1.165) is 41.2 Å². The van der Waals surface area contributed by atoms with Crippen molar-refractivity contribution in [2.45, 2.75) is 57.7 Å². The fourth-order valence-electron chi connectivity index (χ4n) is 4.79. The van der Waals surface area contributed by atoms with Gasteiger partial charge in [0.05, 0.1) is 29.6 Å². The van der Waals surface area contributed by atoms with E-state index >= 15 is 0 Å². The minimum atomic E-state index is -0.217. The molecule has 0 spiro atoms. The maximum atomic E-state index is 6.30. The van der Waals surface area contributed by atoms with Crippen LogP contribution >= 0.6 is 0 Å². The smallest absolute Gasteiger partial charge is 0.227 e. The molecule has 0 atom stereocenters. The zero-order valence-electron chi connectivity index (χ0n) is 19.7. The highest BCUT2D eigenvalue weighted by molar-refractivity contribution is 5.79. The zero-order valence-corrected chi connectivity index (χ0v) is 19.7. The zero-order chi connectivity index (χ0) is 22.9. The minimum Gasteiger partial charge on any atom is -0.480 e. The Morgan fingerprint density at radius 3 is 2.44 bits per heavy atom. The molecular weight excluding hydrogens is 402 g/mol. The first-order valence-corrected chi connectivity index (χ1v) is 10.9. The summed E-state index contributed by atoms with van der Waals surface area (Å²) in [6, 6.07) is 8.23. The predicted molar refractivity (Wildman–Crippen MR) is 126 cm³/mol. The number of hydrogen-bond acceptors (Lipinski definition) is 6. The fraction of sp³-hybridized carbons (Fsp3) is 0.440. The van der Waals surface area contributed by atoms with Gasteiger partial charge in [-0.3, -0.25) is 9.56 Å². The Morgan fingerprint density at radius 2 is 1.81 bits per heavy atom. The van der Waals surface area contributed by atoms with Crippen LogP contribution in [0.3, 0.4) is 0 Å². The van der Waals surface area contributed by atoms with Crippen LogP contribution in [0.2, 0.25) is 0 Å². The second-order valence-electron chi connectivity index (χ2n) is 9.51. The van der Waals surface area contributed by atoms with Gasteiger partial charge in [-0.15, -0.1) is 0 Å². The lowest BCUT2D eigenvalue weighted by molar-refractivity contribution is -0.162. The minimum absolute atomic E-state index is 0.217. The molecule has 1 saturated heterocycles. The number of hydrogen-bond donors (Lipinski definition) is 0. The van der Waals surface area contributed by atoms with Crippen molar-refractivity contribution in [3.8, 4) is 23.0 Å². The van der Waals surface area contributed by atoms with E-state index in [1.165, 1.54) is 6.33 Å². The summed E-state index contributed by atoms with van der Waals surface area (Å²) in [6.45, 7) is 8.61. The van der Waals surface area contributed by atoms with Crippen LogP contribution in [-0.2, 0) is 4.74 Å². The molecule has 1 aromatic carbocycles. The van der Waals surface area contributed by atoms with Gasteiger partial charge >= 0.3 is 0 Å². The van der Waals surface area contributed by atoms with Crippen LogP contribution < -0.4 is 4.74 Å². The summed E-state index contributed by atoms with van der Waals surface area (Å²) in [4.78, 5) is 17.7. The lowest BCUT2D eigenvalue weighted by atomic mass is 9.79. The topological polar surface area (TPSA) is 74.4 Å². The number of methoxy groups -OCH3 is 1. The number of aromatic nitrogens is 4. The Kier molecular flexibility index (Phi) is 5.86.